The first kappa shape index (κ1) is 12.4. The maximum atomic E-state index is 12.1. The molecule has 3 rings (SSSR count). The molecule has 1 saturated carbocycles. The van der Waals surface area contributed by atoms with Crippen LogP contribution in [0.2, 0.25) is 0 Å². The number of likely N-dealkylation sites (N-methyl/N-ethyl adjacent to an activating group) is 1. The van der Waals surface area contributed by atoms with E-state index in [4.69, 9.17) is 0 Å². The molecule has 2 N–H and O–H groups in total. The van der Waals surface area contributed by atoms with Crippen molar-refractivity contribution in [2.24, 2.45) is 0 Å². The number of hydrogen-bond donors (Lipinski definition) is 2. The standard InChI is InChI=1S/C13H24N4O/c1-16-11-8-14-9-15-13(11)17(7-6-12(16)18)10-4-2-3-5-10/h10-11,13-15H,2-9H2,1H3. The number of carbonyl (C=O) groups excluding carboxylic acids is 1. The number of amides is 1. The maximum Gasteiger partial charge on any atom is 0.223 e. The van der Waals surface area contributed by atoms with E-state index in [-0.39, 0.29) is 11.9 Å². The molecular weight excluding hydrogens is 228 g/mol. The van der Waals surface area contributed by atoms with Crippen LogP contribution in [-0.4, -0.2) is 60.8 Å². The molecule has 0 aromatic rings. The smallest absolute Gasteiger partial charge is 0.223 e. The number of nitrogens with one attached hydrogen (secondary N) is 2. The van der Waals surface area contributed by atoms with Crippen LogP contribution in [0.25, 0.3) is 0 Å². The second-order valence-electron chi connectivity index (χ2n) is 5.78. The van der Waals surface area contributed by atoms with Crippen molar-refractivity contribution in [3.8, 4) is 0 Å². The SMILES string of the molecule is CN1C(=O)CCN(C2CCCC2)C2NCNCC21. The first-order chi connectivity index (χ1) is 8.77. The molecule has 102 valence electrons. The Kier molecular flexibility index (Phi) is 3.54. The summed E-state index contributed by atoms with van der Waals surface area (Å²) in [5.74, 6) is 0.288. The molecule has 0 radical (unpaired) electrons. The van der Waals surface area contributed by atoms with E-state index in [1.54, 1.807) is 0 Å². The van der Waals surface area contributed by atoms with E-state index in [1.165, 1.54) is 25.7 Å². The minimum atomic E-state index is 0.273. The summed E-state index contributed by atoms with van der Waals surface area (Å²) in [5, 5.41) is 6.90. The number of rotatable bonds is 1. The summed E-state index contributed by atoms with van der Waals surface area (Å²) in [7, 11) is 1.95. The van der Waals surface area contributed by atoms with Crippen LogP contribution in [0.1, 0.15) is 32.1 Å². The zero-order chi connectivity index (χ0) is 12.5. The summed E-state index contributed by atoms with van der Waals surface area (Å²) in [6.07, 6.45) is 6.31. The number of carbonyl (C=O) groups is 1. The molecule has 5 heteroatoms. The van der Waals surface area contributed by atoms with Crippen LogP contribution in [0.5, 0.6) is 0 Å². The average Bonchev–Trinajstić information content (AvgIpc) is 2.88. The van der Waals surface area contributed by atoms with E-state index in [0.29, 0.717) is 18.6 Å². The van der Waals surface area contributed by atoms with Crippen LogP contribution >= 0.6 is 0 Å². The summed E-state index contributed by atoms with van der Waals surface area (Å²) in [5.41, 5.74) is 0. The topological polar surface area (TPSA) is 47.6 Å². The molecule has 0 aromatic carbocycles. The molecule has 2 saturated heterocycles. The van der Waals surface area contributed by atoms with E-state index in [1.807, 2.05) is 11.9 Å². The highest BCUT2D eigenvalue weighted by atomic mass is 16.2. The summed E-state index contributed by atoms with van der Waals surface area (Å²) in [6.45, 7) is 2.68. The molecule has 0 spiro atoms. The van der Waals surface area contributed by atoms with Crippen molar-refractivity contribution in [1.82, 2.24) is 20.4 Å². The van der Waals surface area contributed by atoms with Gasteiger partial charge >= 0.3 is 0 Å². The van der Waals surface area contributed by atoms with Gasteiger partial charge in [-0.25, -0.2) is 0 Å². The van der Waals surface area contributed by atoms with Gasteiger partial charge < -0.3 is 10.2 Å². The van der Waals surface area contributed by atoms with Gasteiger partial charge in [-0.05, 0) is 12.8 Å². The second kappa shape index (κ2) is 5.15. The maximum absolute atomic E-state index is 12.1. The first-order valence-corrected chi connectivity index (χ1v) is 7.23. The van der Waals surface area contributed by atoms with Crippen molar-refractivity contribution in [3.05, 3.63) is 0 Å². The Balaban J connectivity index is 1.81. The number of nitrogens with zero attached hydrogens (tertiary/aromatic N) is 2. The highest BCUT2D eigenvalue weighted by molar-refractivity contribution is 5.76. The molecule has 1 amide bonds. The lowest BCUT2D eigenvalue weighted by Crippen LogP contribution is -2.66. The summed E-state index contributed by atoms with van der Waals surface area (Å²) < 4.78 is 0. The third-order valence-corrected chi connectivity index (χ3v) is 4.78. The van der Waals surface area contributed by atoms with Crippen LogP contribution in [0, 0.1) is 0 Å². The van der Waals surface area contributed by atoms with Gasteiger partial charge in [0, 0.05) is 39.3 Å². The number of fused-ring (bicyclic) bond motifs is 1. The van der Waals surface area contributed by atoms with Crippen molar-refractivity contribution in [2.75, 3.05) is 26.8 Å². The van der Waals surface area contributed by atoms with Gasteiger partial charge in [0.25, 0.3) is 0 Å². The Morgan fingerprint density at radius 2 is 2.06 bits per heavy atom. The van der Waals surface area contributed by atoms with Crippen LogP contribution in [0.3, 0.4) is 0 Å². The van der Waals surface area contributed by atoms with E-state index >= 15 is 0 Å². The molecule has 3 fully saturated rings. The van der Waals surface area contributed by atoms with Crippen molar-refractivity contribution < 1.29 is 4.79 Å². The summed E-state index contributed by atoms with van der Waals surface area (Å²) >= 11 is 0. The van der Waals surface area contributed by atoms with Crippen LogP contribution in [-0.2, 0) is 4.79 Å². The molecule has 0 bridgehead atoms. The lowest BCUT2D eigenvalue weighted by molar-refractivity contribution is -0.131. The fraction of sp³-hybridized carbons (Fsp3) is 0.923. The fourth-order valence-electron chi connectivity index (χ4n) is 3.70. The van der Waals surface area contributed by atoms with Crippen molar-refractivity contribution >= 4 is 5.91 Å². The van der Waals surface area contributed by atoms with Gasteiger partial charge in [0.05, 0.1) is 12.2 Å². The normalized spacial score (nSPS) is 35.6. The second-order valence-corrected chi connectivity index (χ2v) is 5.78. The predicted molar refractivity (Wildman–Crippen MR) is 69.9 cm³/mol. The van der Waals surface area contributed by atoms with Gasteiger partial charge in [0.2, 0.25) is 5.91 Å². The highest BCUT2D eigenvalue weighted by Crippen LogP contribution is 2.28. The Hall–Kier alpha value is -0.650. The Morgan fingerprint density at radius 1 is 1.28 bits per heavy atom. The molecular formula is C13H24N4O. The molecule has 5 nitrogen and oxygen atoms in total. The molecule has 18 heavy (non-hydrogen) atoms. The minimum absolute atomic E-state index is 0.273. The zero-order valence-corrected chi connectivity index (χ0v) is 11.2. The van der Waals surface area contributed by atoms with Crippen molar-refractivity contribution in [2.45, 2.75) is 50.4 Å². The van der Waals surface area contributed by atoms with Gasteiger partial charge in [-0.15, -0.1) is 0 Å². The molecule has 2 heterocycles. The lowest BCUT2D eigenvalue weighted by Gasteiger charge is -2.44. The van der Waals surface area contributed by atoms with E-state index < -0.39 is 0 Å². The van der Waals surface area contributed by atoms with Crippen LogP contribution < -0.4 is 10.6 Å². The van der Waals surface area contributed by atoms with E-state index in [0.717, 1.165) is 19.8 Å². The van der Waals surface area contributed by atoms with E-state index in [2.05, 4.69) is 15.5 Å². The van der Waals surface area contributed by atoms with Gasteiger partial charge in [0.1, 0.15) is 0 Å². The Labute approximate surface area is 109 Å². The summed E-state index contributed by atoms with van der Waals surface area (Å²) in [4.78, 5) is 16.6. The fourth-order valence-corrected chi connectivity index (χ4v) is 3.70. The lowest BCUT2D eigenvalue weighted by atomic mass is 10.1. The third-order valence-electron chi connectivity index (χ3n) is 4.78. The molecule has 1 aliphatic carbocycles. The van der Waals surface area contributed by atoms with Crippen molar-refractivity contribution in [1.29, 1.82) is 0 Å². The van der Waals surface area contributed by atoms with Gasteiger partial charge in [-0.1, -0.05) is 12.8 Å². The first-order valence-electron chi connectivity index (χ1n) is 7.23. The quantitative estimate of drug-likeness (QED) is 0.686. The zero-order valence-electron chi connectivity index (χ0n) is 11.2. The van der Waals surface area contributed by atoms with Gasteiger partial charge in [-0.3, -0.25) is 15.0 Å². The Morgan fingerprint density at radius 3 is 2.83 bits per heavy atom. The monoisotopic (exact) mass is 252 g/mol. The average molecular weight is 252 g/mol. The summed E-state index contributed by atoms with van der Waals surface area (Å²) in [6, 6.07) is 0.955. The highest BCUT2D eigenvalue weighted by Gasteiger charge is 2.40. The van der Waals surface area contributed by atoms with Crippen molar-refractivity contribution in [3.63, 3.8) is 0 Å². The number of hydrogen-bond acceptors (Lipinski definition) is 4. The molecule has 2 aliphatic heterocycles. The van der Waals surface area contributed by atoms with Gasteiger partial charge in [0.15, 0.2) is 0 Å². The minimum Gasteiger partial charge on any atom is -0.339 e. The molecule has 2 unspecified atom stereocenters. The largest absolute Gasteiger partial charge is 0.339 e. The molecule has 3 aliphatic rings. The predicted octanol–water partition coefficient (Wildman–Crippen LogP) is -0.0619. The Bertz CT molecular complexity index is 316. The van der Waals surface area contributed by atoms with Crippen LogP contribution in [0.15, 0.2) is 0 Å². The molecule has 0 aromatic heterocycles. The van der Waals surface area contributed by atoms with Crippen LogP contribution in [0.4, 0.5) is 0 Å². The molecule has 2 atom stereocenters. The third kappa shape index (κ3) is 2.15. The van der Waals surface area contributed by atoms with E-state index in [9.17, 15) is 4.79 Å². The van der Waals surface area contributed by atoms with Gasteiger partial charge in [-0.2, -0.15) is 0 Å².